The van der Waals surface area contributed by atoms with Crippen molar-refractivity contribution in [1.82, 2.24) is 25.3 Å². The zero-order chi connectivity index (χ0) is 21.9. The monoisotopic (exact) mass is 424 g/mol. The van der Waals surface area contributed by atoms with E-state index in [1.807, 2.05) is 6.92 Å². The lowest BCUT2D eigenvalue weighted by Crippen LogP contribution is -2.28. The number of nitrogens with zero attached hydrogens (tertiary/aromatic N) is 4. The van der Waals surface area contributed by atoms with Crippen molar-refractivity contribution in [2.24, 2.45) is 0 Å². The molecule has 1 amide bonds. The molecular weight excluding hydrogens is 400 g/mol. The lowest BCUT2D eigenvalue weighted by atomic mass is 9.86. The highest BCUT2D eigenvalue weighted by molar-refractivity contribution is 6.35. The van der Waals surface area contributed by atoms with Gasteiger partial charge in [-0.3, -0.25) is 4.79 Å². The number of carbonyl (C=O) groups is 1. The number of halogens is 1. The number of nitrogens with one attached hydrogen (secondary N) is 1. The van der Waals surface area contributed by atoms with E-state index in [4.69, 9.17) is 17.3 Å². The van der Waals surface area contributed by atoms with E-state index in [-0.39, 0.29) is 28.0 Å². The van der Waals surface area contributed by atoms with E-state index >= 15 is 0 Å². The predicted octanol–water partition coefficient (Wildman–Crippen LogP) is 3.88. The number of carbonyl (C=O) groups excluding carboxylic acids is 1. The van der Waals surface area contributed by atoms with E-state index in [0.717, 1.165) is 11.1 Å². The van der Waals surface area contributed by atoms with Gasteiger partial charge >= 0.3 is 0 Å². The molecular formula is C22H25ClN6O. The van der Waals surface area contributed by atoms with Crippen molar-refractivity contribution >= 4 is 23.3 Å². The van der Waals surface area contributed by atoms with Crippen LogP contribution in [-0.2, 0) is 11.8 Å². The standard InChI is InChI=1S/C22H25ClN6O/c1-13(29-21(30)19-18(23)20(24)28-12-27-19)15-10-25-17(26-11-15)9-14-5-7-16(8-6-14)22(2,3)4/h5-8,10-13H,9H2,1-4H3,(H,29,30)(H2,24,27,28). The molecule has 0 aliphatic heterocycles. The first-order valence-corrected chi connectivity index (χ1v) is 10.00. The largest absolute Gasteiger partial charge is 0.382 e. The van der Waals surface area contributed by atoms with Gasteiger partial charge in [0.15, 0.2) is 5.69 Å². The van der Waals surface area contributed by atoms with Gasteiger partial charge in [0.05, 0.1) is 6.04 Å². The van der Waals surface area contributed by atoms with Crippen LogP contribution >= 0.6 is 11.6 Å². The van der Waals surface area contributed by atoms with Crippen LogP contribution in [0.2, 0.25) is 5.02 Å². The lowest BCUT2D eigenvalue weighted by molar-refractivity contribution is 0.0935. The molecule has 1 atom stereocenters. The molecule has 156 valence electrons. The topological polar surface area (TPSA) is 107 Å². The number of benzene rings is 1. The number of nitrogen functional groups attached to an aromatic ring is 1. The molecule has 30 heavy (non-hydrogen) atoms. The Morgan fingerprint density at radius 2 is 1.73 bits per heavy atom. The Hall–Kier alpha value is -3.06. The van der Waals surface area contributed by atoms with Gasteiger partial charge in [-0.2, -0.15) is 0 Å². The van der Waals surface area contributed by atoms with Crippen molar-refractivity contribution in [2.75, 3.05) is 5.73 Å². The molecule has 0 aliphatic carbocycles. The summed E-state index contributed by atoms with van der Waals surface area (Å²) in [5, 5.41) is 2.85. The Kier molecular flexibility index (Phi) is 6.31. The Labute approximate surface area is 181 Å². The van der Waals surface area contributed by atoms with Crippen LogP contribution in [0.3, 0.4) is 0 Å². The highest BCUT2D eigenvalue weighted by atomic mass is 35.5. The molecule has 0 aliphatic rings. The van der Waals surface area contributed by atoms with E-state index in [9.17, 15) is 4.79 Å². The second kappa shape index (κ2) is 8.75. The van der Waals surface area contributed by atoms with Gasteiger partial charge in [0.1, 0.15) is 23.0 Å². The third-order valence-corrected chi connectivity index (χ3v) is 5.16. The Bertz CT molecular complexity index is 1030. The van der Waals surface area contributed by atoms with Crippen LogP contribution in [0.1, 0.15) is 66.7 Å². The maximum absolute atomic E-state index is 12.4. The molecule has 0 saturated heterocycles. The van der Waals surface area contributed by atoms with Gasteiger partial charge in [0.25, 0.3) is 5.91 Å². The van der Waals surface area contributed by atoms with Gasteiger partial charge in [0.2, 0.25) is 0 Å². The van der Waals surface area contributed by atoms with Gasteiger partial charge in [-0.25, -0.2) is 19.9 Å². The van der Waals surface area contributed by atoms with Gasteiger partial charge in [0, 0.05) is 24.4 Å². The van der Waals surface area contributed by atoms with E-state index in [0.29, 0.717) is 12.2 Å². The summed E-state index contributed by atoms with van der Waals surface area (Å²) < 4.78 is 0. The van der Waals surface area contributed by atoms with Crippen molar-refractivity contribution in [3.63, 3.8) is 0 Å². The predicted molar refractivity (Wildman–Crippen MR) is 117 cm³/mol. The molecule has 3 N–H and O–H groups in total. The molecule has 7 nitrogen and oxygen atoms in total. The minimum atomic E-state index is -0.440. The normalized spacial score (nSPS) is 12.4. The van der Waals surface area contributed by atoms with Crippen LogP contribution in [0.25, 0.3) is 0 Å². The second-order valence-electron chi connectivity index (χ2n) is 8.17. The fraction of sp³-hybridized carbons (Fsp3) is 0.318. The number of aromatic nitrogens is 4. The van der Waals surface area contributed by atoms with Crippen LogP contribution in [0.15, 0.2) is 43.0 Å². The Balaban J connectivity index is 1.65. The summed E-state index contributed by atoms with van der Waals surface area (Å²) in [6.07, 6.45) is 5.27. The number of hydrogen-bond donors (Lipinski definition) is 2. The number of rotatable bonds is 5. The van der Waals surface area contributed by atoms with Crippen LogP contribution in [0.5, 0.6) is 0 Å². The third-order valence-electron chi connectivity index (χ3n) is 4.79. The molecule has 2 aromatic heterocycles. The summed E-state index contributed by atoms with van der Waals surface area (Å²) in [5.74, 6) is 0.338. The molecule has 0 saturated carbocycles. The van der Waals surface area contributed by atoms with E-state index < -0.39 is 5.91 Å². The molecule has 0 fully saturated rings. The molecule has 0 spiro atoms. The van der Waals surface area contributed by atoms with Crippen molar-refractivity contribution in [3.05, 3.63) is 76.2 Å². The first-order valence-electron chi connectivity index (χ1n) is 9.62. The number of hydrogen-bond acceptors (Lipinski definition) is 6. The smallest absolute Gasteiger partial charge is 0.272 e. The summed E-state index contributed by atoms with van der Waals surface area (Å²) in [6.45, 7) is 8.41. The van der Waals surface area contributed by atoms with Gasteiger partial charge in [-0.05, 0) is 23.5 Å². The third kappa shape index (κ3) is 5.10. The zero-order valence-corrected chi connectivity index (χ0v) is 18.2. The highest BCUT2D eigenvalue weighted by Gasteiger charge is 2.18. The first kappa shape index (κ1) is 21.6. The van der Waals surface area contributed by atoms with Crippen LogP contribution in [0.4, 0.5) is 5.82 Å². The molecule has 2 heterocycles. The van der Waals surface area contributed by atoms with E-state index in [2.05, 4.69) is 70.3 Å². The zero-order valence-electron chi connectivity index (χ0n) is 17.5. The summed E-state index contributed by atoms with van der Waals surface area (Å²) in [7, 11) is 0. The van der Waals surface area contributed by atoms with E-state index in [1.165, 1.54) is 11.9 Å². The minimum Gasteiger partial charge on any atom is -0.382 e. The maximum atomic E-state index is 12.4. The maximum Gasteiger partial charge on any atom is 0.272 e. The first-order chi connectivity index (χ1) is 14.1. The Morgan fingerprint density at radius 1 is 1.10 bits per heavy atom. The Morgan fingerprint density at radius 3 is 2.33 bits per heavy atom. The molecule has 0 bridgehead atoms. The summed E-state index contributed by atoms with van der Waals surface area (Å²) in [4.78, 5) is 29.0. The minimum absolute atomic E-state index is 0.0336. The van der Waals surface area contributed by atoms with Gasteiger partial charge in [-0.15, -0.1) is 0 Å². The van der Waals surface area contributed by atoms with E-state index in [1.54, 1.807) is 12.4 Å². The SMILES string of the molecule is CC(NC(=O)c1ncnc(N)c1Cl)c1cnc(Cc2ccc(C(C)(C)C)cc2)nc1. The number of nitrogens with two attached hydrogens (primary N) is 1. The van der Waals surface area contributed by atoms with Crippen LogP contribution in [0, 0.1) is 0 Å². The van der Waals surface area contributed by atoms with Crippen molar-refractivity contribution < 1.29 is 4.79 Å². The van der Waals surface area contributed by atoms with Gasteiger partial charge in [-0.1, -0.05) is 56.6 Å². The highest BCUT2D eigenvalue weighted by Crippen LogP contribution is 2.23. The van der Waals surface area contributed by atoms with Crippen molar-refractivity contribution in [2.45, 2.75) is 45.6 Å². The summed E-state index contributed by atoms with van der Waals surface area (Å²) in [6, 6.07) is 8.18. The average Bonchev–Trinajstić information content (AvgIpc) is 2.70. The van der Waals surface area contributed by atoms with Crippen molar-refractivity contribution in [3.8, 4) is 0 Å². The fourth-order valence-electron chi connectivity index (χ4n) is 2.87. The average molecular weight is 425 g/mol. The molecule has 3 rings (SSSR count). The lowest BCUT2D eigenvalue weighted by Gasteiger charge is -2.19. The quantitative estimate of drug-likeness (QED) is 0.643. The van der Waals surface area contributed by atoms with Crippen molar-refractivity contribution in [1.29, 1.82) is 0 Å². The second-order valence-corrected chi connectivity index (χ2v) is 8.55. The molecule has 3 aromatic rings. The van der Waals surface area contributed by atoms with Crippen LogP contribution in [-0.4, -0.2) is 25.8 Å². The summed E-state index contributed by atoms with van der Waals surface area (Å²) in [5.41, 5.74) is 8.99. The van der Waals surface area contributed by atoms with Crippen LogP contribution < -0.4 is 11.1 Å². The number of amides is 1. The molecule has 8 heteroatoms. The fourth-order valence-corrected chi connectivity index (χ4v) is 3.06. The molecule has 1 aromatic carbocycles. The molecule has 0 radical (unpaired) electrons. The molecule has 1 unspecified atom stereocenters. The summed E-state index contributed by atoms with van der Waals surface area (Å²) >= 11 is 6.01. The van der Waals surface area contributed by atoms with Gasteiger partial charge < -0.3 is 11.1 Å². The number of anilines is 1.